The number of para-hydroxylation sites is 4. The van der Waals surface area contributed by atoms with Crippen molar-refractivity contribution in [1.82, 2.24) is 0 Å². The summed E-state index contributed by atoms with van der Waals surface area (Å²) in [4.78, 5) is 5.53. The monoisotopic (exact) mass is 704 g/mol. The highest BCUT2D eigenvalue weighted by atomic mass is 15.2. The van der Waals surface area contributed by atoms with Gasteiger partial charge in [0, 0.05) is 44.4 Å². The largest absolute Gasteiger partial charge is 0.311 e. The van der Waals surface area contributed by atoms with Crippen molar-refractivity contribution in [3.05, 3.63) is 160 Å². The summed E-state index contributed by atoms with van der Waals surface area (Å²) in [6, 6.07) is 45.6. The maximum absolute atomic E-state index is 2.82. The molecule has 5 unspecified atom stereocenters. The fourth-order valence-corrected chi connectivity index (χ4v) is 15.4. The highest BCUT2D eigenvalue weighted by molar-refractivity contribution is 7.00. The van der Waals surface area contributed by atoms with E-state index in [1.54, 1.807) is 16.7 Å². The Bertz CT molecular complexity index is 2920. The lowest BCUT2D eigenvalue weighted by atomic mass is 9.30. The van der Waals surface area contributed by atoms with E-state index in [4.69, 9.17) is 0 Å². The molecule has 5 atom stereocenters. The molecule has 2 bridgehead atoms. The molecule has 0 saturated heterocycles. The van der Waals surface area contributed by atoms with Crippen LogP contribution < -0.4 is 26.2 Å². The molecule has 3 fully saturated rings. The van der Waals surface area contributed by atoms with Crippen molar-refractivity contribution in [2.45, 2.75) is 63.2 Å². The van der Waals surface area contributed by atoms with Crippen LogP contribution in [0.3, 0.4) is 0 Å². The van der Waals surface area contributed by atoms with Crippen LogP contribution in [0.15, 0.2) is 127 Å². The molecule has 4 aliphatic heterocycles. The van der Waals surface area contributed by atoms with Gasteiger partial charge in [-0.2, -0.15) is 0 Å². The summed E-state index contributed by atoms with van der Waals surface area (Å²) in [5.74, 6) is 2.33. The number of nitrogens with zero attached hydrogens (tertiary/aromatic N) is 2. The van der Waals surface area contributed by atoms with E-state index in [0.29, 0.717) is 11.3 Å². The average Bonchev–Trinajstić information content (AvgIpc) is 3.83. The summed E-state index contributed by atoms with van der Waals surface area (Å²) < 4.78 is 0. The summed E-state index contributed by atoms with van der Waals surface area (Å²) >= 11 is 0. The molecule has 0 N–H and O–H groups in total. The van der Waals surface area contributed by atoms with Crippen LogP contribution in [-0.2, 0) is 16.2 Å². The third-order valence-corrected chi connectivity index (χ3v) is 17.2. The Morgan fingerprint density at radius 3 is 1.85 bits per heavy atom. The fourth-order valence-electron chi connectivity index (χ4n) is 15.4. The van der Waals surface area contributed by atoms with Gasteiger partial charge in [-0.3, -0.25) is 0 Å². The Labute approximate surface area is 323 Å². The first-order chi connectivity index (χ1) is 26.8. The third kappa shape index (κ3) is 2.69. The molecule has 0 aromatic heterocycles. The summed E-state index contributed by atoms with van der Waals surface area (Å²) in [6.07, 6.45) is 6.98. The maximum atomic E-state index is 2.82. The molecule has 55 heavy (non-hydrogen) atoms. The molecule has 2 nitrogen and oxygen atoms in total. The van der Waals surface area contributed by atoms with Gasteiger partial charge in [0.15, 0.2) is 0 Å². The van der Waals surface area contributed by atoms with Gasteiger partial charge >= 0.3 is 0 Å². The van der Waals surface area contributed by atoms with Gasteiger partial charge in [-0.1, -0.05) is 136 Å². The molecular formula is C52H41BN2. The minimum atomic E-state index is -0.135. The van der Waals surface area contributed by atoms with E-state index in [1.807, 2.05) is 0 Å². The SMILES string of the molecule is CC1(C)c2ccccc2N2c3cc4c(c5c3B(c3cccc1c32)c1cccc2c1N5c1ccccc1C2(C)C)C1(C2=CC3CC5CC1C23C5)c1ccccc1-4. The Hall–Kier alpha value is -5.28. The molecule has 0 amide bonds. The standard InChI is InChI=1S/C52H41BN2/c1-49(2)33-15-7-9-21-39(33)54-41-26-31-30-13-5-6-14-32(30)52(42-24-28-23-29-25-43(52)51(29,42)27-28)44(31)48-45(41)53(37-19-11-17-35(49)46(37)54)38-20-12-18-36-47(38)55(48)40-22-10-8-16-34(40)50(36,3)4/h5-22,25-26,28-29,42H,23-24,27H2,1-4H3. The highest BCUT2D eigenvalue weighted by Gasteiger charge is 2.81. The molecule has 3 saturated carbocycles. The number of fused-ring (bicyclic) bond motifs is 17. The van der Waals surface area contributed by atoms with Gasteiger partial charge in [0.25, 0.3) is 6.71 Å². The number of benzene rings is 6. The van der Waals surface area contributed by atoms with E-state index >= 15 is 0 Å². The lowest BCUT2D eigenvalue weighted by Crippen LogP contribution is -2.67. The zero-order chi connectivity index (χ0) is 36.1. The van der Waals surface area contributed by atoms with E-state index in [-0.39, 0.29) is 23.0 Å². The van der Waals surface area contributed by atoms with Crippen molar-refractivity contribution >= 4 is 57.2 Å². The van der Waals surface area contributed by atoms with Crippen LogP contribution in [0.5, 0.6) is 0 Å². The average molecular weight is 705 g/mol. The van der Waals surface area contributed by atoms with Gasteiger partial charge in [0.05, 0.1) is 11.4 Å². The van der Waals surface area contributed by atoms with Crippen LogP contribution in [0.25, 0.3) is 11.1 Å². The Morgan fingerprint density at radius 1 is 0.564 bits per heavy atom. The zero-order valence-corrected chi connectivity index (χ0v) is 31.9. The quantitative estimate of drug-likeness (QED) is 0.115. The normalized spacial score (nSPS) is 29.1. The predicted octanol–water partition coefficient (Wildman–Crippen LogP) is 10.3. The first-order valence-corrected chi connectivity index (χ1v) is 20.9. The second-order valence-corrected chi connectivity index (χ2v) is 19.6. The fraction of sp³-hybridized carbons (Fsp3) is 0.269. The highest BCUT2D eigenvalue weighted by Crippen LogP contribution is 2.88. The topological polar surface area (TPSA) is 6.48 Å². The van der Waals surface area contributed by atoms with E-state index in [9.17, 15) is 0 Å². The number of anilines is 6. The molecule has 6 aromatic carbocycles. The first-order valence-electron chi connectivity index (χ1n) is 20.9. The van der Waals surface area contributed by atoms with Crippen LogP contribution in [0.1, 0.15) is 80.3 Å². The number of hydrogen-bond acceptors (Lipinski definition) is 2. The molecule has 2 spiro atoms. The van der Waals surface area contributed by atoms with Crippen molar-refractivity contribution in [2.75, 3.05) is 9.80 Å². The molecule has 6 aromatic rings. The minimum absolute atomic E-state index is 0.0647. The van der Waals surface area contributed by atoms with Gasteiger partial charge < -0.3 is 9.80 Å². The van der Waals surface area contributed by atoms with Crippen LogP contribution in [0.4, 0.5) is 34.1 Å². The van der Waals surface area contributed by atoms with Crippen molar-refractivity contribution < 1.29 is 0 Å². The van der Waals surface area contributed by atoms with Crippen LogP contribution >= 0.6 is 0 Å². The van der Waals surface area contributed by atoms with Crippen LogP contribution in [0, 0.1) is 23.2 Å². The minimum Gasteiger partial charge on any atom is -0.311 e. The van der Waals surface area contributed by atoms with Crippen LogP contribution in [-0.4, -0.2) is 6.71 Å². The molecule has 15 rings (SSSR count). The van der Waals surface area contributed by atoms with Crippen molar-refractivity contribution in [3.63, 3.8) is 0 Å². The van der Waals surface area contributed by atoms with Gasteiger partial charge in [-0.15, -0.1) is 0 Å². The second kappa shape index (κ2) is 8.58. The van der Waals surface area contributed by atoms with E-state index in [1.165, 1.54) is 103 Å². The van der Waals surface area contributed by atoms with Gasteiger partial charge in [-0.05, 0) is 116 Å². The van der Waals surface area contributed by atoms with Crippen molar-refractivity contribution in [1.29, 1.82) is 0 Å². The Morgan fingerprint density at radius 2 is 1.16 bits per heavy atom. The summed E-state index contributed by atoms with van der Waals surface area (Å²) in [7, 11) is 0. The number of hydrogen-bond donors (Lipinski definition) is 0. The summed E-state index contributed by atoms with van der Waals surface area (Å²) in [5.41, 5.74) is 26.5. The van der Waals surface area contributed by atoms with Gasteiger partial charge in [-0.25, -0.2) is 0 Å². The molecular weight excluding hydrogens is 663 g/mol. The first kappa shape index (κ1) is 29.1. The van der Waals surface area contributed by atoms with E-state index < -0.39 is 0 Å². The Kier molecular flexibility index (Phi) is 4.54. The predicted molar refractivity (Wildman–Crippen MR) is 226 cm³/mol. The molecule has 3 heteroatoms. The van der Waals surface area contributed by atoms with E-state index in [2.05, 4.69) is 159 Å². The van der Waals surface area contributed by atoms with E-state index in [0.717, 1.165) is 11.8 Å². The van der Waals surface area contributed by atoms with Crippen molar-refractivity contribution in [2.24, 2.45) is 23.2 Å². The lowest BCUT2D eigenvalue weighted by molar-refractivity contribution is -0.00557. The smallest absolute Gasteiger partial charge is 0.252 e. The molecule has 262 valence electrons. The molecule has 5 aliphatic carbocycles. The number of rotatable bonds is 0. The molecule has 9 aliphatic rings. The zero-order valence-electron chi connectivity index (χ0n) is 31.9. The Balaban J connectivity index is 1.16. The summed E-state index contributed by atoms with van der Waals surface area (Å²) in [5, 5.41) is 0. The van der Waals surface area contributed by atoms with Crippen LogP contribution in [0.2, 0.25) is 0 Å². The van der Waals surface area contributed by atoms with Gasteiger partial charge in [0.1, 0.15) is 0 Å². The van der Waals surface area contributed by atoms with Gasteiger partial charge in [0.2, 0.25) is 0 Å². The second-order valence-electron chi connectivity index (χ2n) is 19.6. The maximum Gasteiger partial charge on any atom is 0.252 e. The molecule has 4 heterocycles. The number of allylic oxidation sites excluding steroid dienone is 2. The lowest BCUT2D eigenvalue weighted by Gasteiger charge is -2.71. The van der Waals surface area contributed by atoms with Crippen molar-refractivity contribution in [3.8, 4) is 11.1 Å². The molecule has 0 radical (unpaired) electrons. The third-order valence-electron chi connectivity index (χ3n) is 17.2. The summed E-state index contributed by atoms with van der Waals surface area (Å²) in [6.45, 7) is 9.94.